The molecule has 0 saturated carbocycles. The largest absolute Gasteiger partial charge is 0.353 e. The van der Waals surface area contributed by atoms with E-state index in [0.29, 0.717) is 24.1 Å². The molecular weight excluding hydrogens is 374 g/mol. The first kappa shape index (κ1) is 18.3. The second-order valence-corrected chi connectivity index (χ2v) is 6.94. The third kappa shape index (κ3) is 4.07. The van der Waals surface area contributed by atoms with Crippen molar-refractivity contribution in [3.05, 3.63) is 65.7 Å². The number of hydrogen-bond acceptors (Lipinski definition) is 5. The quantitative estimate of drug-likeness (QED) is 0.668. The summed E-state index contributed by atoms with van der Waals surface area (Å²) in [6.07, 6.45) is 0.900. The minimum absolute atomic E-state index is 0.488. The summed E-state index contributed by atoms with van der Waals surface area (Å²) in [6.45, 7) is 2.83. The SMILES string of the molecule is O=CN1CCN(c2cc(-c3ccccc3)nc(Nc3ccccc3Cl)n2)CC1. The van der Waals surface area contributed by atoms with Gasteiger partial charge in [-0.15, -0.1) is 0 Å². The van der Waals surface area contributed by atoms with Crippen molar-refractivity contribution in [2.75, 3.05) is 36.4 Å². The topological polar surface area (TPSA) is 61.4 Å². The number of carbonyl (C=O) groups excluding carboxylic acids is 1. The van der Waals surface area contributed by atoms with Crippen LogP contribution in [0.3, 0.4) is 0 Å². The Morgan fingerprint density at radius 2 is 1.64 bits per heavy atom. The van der Waals surface area contributed by atoms with Crippen molar-refractivity contribution >= 4 is 35.5 Å². The minimum atomic E-state index is 0.488. The van der Waals surface area contributed by atoms with Crippen molar-refractivity contribution in [2.24, 2.45) is 0 Å². The smallest absolute Gasteiger partial charge is 0.229 e. The number of piperazine rings is 1. The van der Waals surface area contributed by atoms with E-state index in [9.17, 15) is 4.79 Å². The fourth-order valence-electron chi connectivity index (χ4n) is 3.15. The Balaban J connectivity index is 1.69. The summed E-state index contributed by atoms with van der Waals surface area (Å²) >= 11 is 6.28. The average Bonchev–Trinajstić information content (AvgIpc) is 2.76. The number of nitrogens with one attached hydrogen (secondary N) is 1. The lowest BCUT2D eigenvalue weighted by Crippen LogP contribution is -2.46. The van der Waals surface area contributed by atoms with Gasteiger partial charge < -0.3 is 15.1 Å². The second-order valence-electron chi connectivity index (χ2n) is 6.53. The van der Waals surface area contributed by atoms with Gasteiger partial charge in [0.2, 0.25) is 12.4 Å². The van der Waals surface area contributed by atoms with Crippen LogP contribution in [0.2, 0.25) is 5.02 Å². The molecule has 0 bridgehead atoms. The number of hydrogen-bond donors (Lipinski definition) is 1. The number of aromatic nitrogens is 2. The van der Waals surface area contributed by atoms with Crippen LogP contribution >= 0.6 is 11.6 Å². The lowest BCUT2D eigenvalue weighted by atomic mass is 10.1. The molecular formula is C21H20ClN5O. The van der Waals surface area contributed by atoms with Crippen LogP contribution in [0.1, 0.15) is 0 Å². The summed E-state index contributed by atoms with van der Waals surface area (Å²) in [4.78, 5) is 24.3. The van der Waals surface area contributed by atoms with E-state index in [1.165, 1.54) is 0 Å². The first-order valence-corrected chi connectivity index (χ1v) is 9.51. The molecule has 2 aromatic carbocycles. The summed E-state index contributed by atoms with van der Waals surface area (Å²) in [5, 5.41) is 3.84. The number of amides is 1. The number of carbonyl (C=O) groups is 1. The third-order valence-corrected chi connectivity index (χ3v) is 5.02. The molecule has 0 unspecified atom stereocenters. The number of anilines is 3. The normalized spacial score (nSPS) is 14.0. The lowest BCUT2D eigenvalue weighted by Gasteiger charge is -2.33. The van der Waals surface area contributed by atoms with Crippen LogP contribution in [0, 0.1) is 0 Å². The van der Waals surface area contributed by atoms with Crippen LogP contribution in [0.5, 0.6) is 0 Å². The van der Waals surface area contributed by atoms with Crippen LogP contribution < -0.4 is 10.2 Å². The molecule has 6 nitrogen and oxygen atoms in total. The zero-order valence-electron chi connectivity index (χ0n) is 15.3. The van der Waals surface area contributed by atoms with Crippen LogP contribution in [0.15, 0.2) is 60.7 Å². The predicted molar refractivity (Wildman–Crippen MR) is 112 cm³/mol. The molecule has 2 heterocycles. The molecule has 1 aromatic heterocycles. The summed E-state index contributed by atoms with van der Waals surface area (Å²) < 4.78 is 0. The molecule has 1 fully saturated rings. The maximum absolute atomic E-state index is 11.0. The molecule has 7 heteroatoms. The number of nitrogens with zero attached hydrogens (tertiary/aromatic N) is 4. The van der Waals surface area contributed by atoms with E-state index in [-0.39, 0.29) is 0 Å². The van der Waals surface area contributed by atoms with E-state index >= 15 is 0 Å². The Kier molecular flexibility index (Phi) is 5.39. The van der Waals surface area contributed by atoms with Crippen molar-refractivity contribution in [3.8, 4) is 11.3 Å². The number of benzene rings is 2. The Hall–Kier alpha value is -3.12. The van der Waals surface area contributed by atoms with Crippen molar-refractivity contribution in [2.45, 2.75) is 0 Å². The molecule has 28 heavy (non-hydrogen) atoms. The van der Waals surface area contributed by atoms with Gasteiger partial charge in [-0.25, -0.2) is 4.98 Å². The number of rotatable bonds is 5. The standard InChI is InChI=1S/C21H20ClN5O/c22-17-8-4-5-9-18(17)23-21-24-19(16-6-2-1-3-7-16)14-20(25-21)27-12-10-26(15-28)11-13-27/h1-9,14-15H,10-13H2,(H,23,24,25). The van der Waals surface area contributed by atoms with Gasteiger partial charge >= 0.3 is 0 Å². The van der Waals surface area contributed by atoms with Gasteiger partial charge in [-0.2, -0.15) is 4.98 Å². The molecule has 0 aliphatic carbocycles. The molecule has 4 rings (SSSR count). The summed E-state index contributed by atoms with van der Waals surface area (Å²) in [5.41, 5.74) is 2.60. The van der Waals surface area contributed by atoms with Gasteiger partial charge in [0.15, 0.2) is 0 Å². The van der Waals surface area contributed by atoms with E-state index in [2.05, 4.69) is 10.2 Å². The van der Waals surface area contributed by atoms with E-state index in [4.69, 9.17) is 21.6 Å². The lowest BCUT2D eigenvalue weighted by molar-refractivity contribution is -0.118. The minimum Gasteiger partial charge on any atom is -0.353 e. The first-order chi connectivity index (χ1) is 13.7. The molecule has 1 aliphatic heterocycles. The Morgan fingerprint density at radius 1 is 0.929 bits per heavy atom. The zero-order valence-corrected chi connectivity index (χ0v) is 16.0. The van der Waals surface area contributed by atoms with E-state index in [0.717, 1.165) is 42.3 Å². The number of para-hydroxylation sites is 1. The maximum atomic E-state index is 11.0. The molecule has 0 spiro atoms. The fourth-order valence-corrected chi connectivity index (χ4v) is 3.33. The van der Waals surface area contributed by atoms with Gasteiger partial charge in [-0.3, -0.25) is 4.79 Å². The van der Waals surface area contributed by atoms with Gasteiger partial charge in [0.25, 0.3) is 0 Å². The van der Waals surface area contributed by atoms with Gasteiger partial charge in [0.05, 0.1) is 16.4 Å². The van der Waals surface area contributed by atoms with Gasteiger partial charge in [-0.05, 0) is 12.1 Å². The zero-order chi connectivity index (χ0) is 19.3. The average molecular weight is 394 g/mol. The highest BCUT2D eigenvalue weighted by atomic mass is 35.5. The van der Waals surface area contributed by atoms with E-state index < -0.39 is 0 Å². The Morgan fingerprint density at radius 3 is 2.36 bits per heavy atom. The maximum Gasteiger partial charge on any atom is 0.229 e. The molecule has 1 N–H and O–H groups in total. The predicted octanol–water partition coefficient (Wildman–Crippen LogP) is 3.82. The van der Waals surface area contributed by atoms with Crippen molar-refractivity contribution in [3.63, 3.8) is 0 Å². The monoisotopic (exact) mass is 393 g/mol. The summed E-state index contributed by atoms with van der Waals surface area (Å²) in [7, 11) is 0. The van der Waals surface area contributed by atoms with Crippen LogP contribution in [-0.4, -0.2) is 47.5 Å². The summed E-state index contributed by atoms with van der Waals surface area (Å²) in [5.74, 6) is 1.32. The van der Waals surface area contributed by atoms with Crippen molar-refractivity contribution < 1.29 is 4.79 Å². The molecule has 0 atom stereocenters. The van der Waals surface area contributed by atoms with Crippen LogP contribution in [0.4, 0.5) is 17.5 Å². The second kappa shape index (κ2) is 8.27. The van der Waals surface area contributed by atoms with Crippen LogP contribution in [-0.2, 0) is 4.79 Å². The van der Waals surface area contributed by atoms with Gasteiger partial charge in [0.1, 0.15) is 5.82 Å². The molecule has 0 radical (unpaired) electrons. The van der Waals surface area contributed by atoms with Crippen molar-refractivity contribution in [1.29, 1.82) is 0 Å². The molecule has 1 saturated heterocycles. The molecule has 1 aliphatic rings. The highest BCUT2D eigenvalue weighted by Gasteiger charge is 2.19. The van der Waals surface area contributed by atoms with Crippen LogP contribution in [0.25, 0.3) is 11.3 Å². The van der Waals surface area contributed by atoms with Crippen molar-refractivity contribution in [1.82, 2.24) is 14.9 Å². The third-order valence-electron chi connectivity index (χ3n) is 4.69. The van der Waals surface area contributed by atoms with E-state index in [1.807, 2.05) is 60.7 Å². The number of halogens is 1. The fraction of sp³-hybridized carbons (Fsp3) is 0.190. The van der Waals surface area contributed by atoms with E-state index in [1.54, 1.807) is 4.90 Å². The highest BCUT2D eigenvalue weighted by molar-refractivity contribution is 6.33. The van der Waals surface area contributed by atoms with Gasteiger partial charge in [-0.1, -0.05) is 54.1 Å². The molecule has 1 amide bonds. The first-order valence-electron chi connectivity index (χ1n) is 9.13. The highest BCUT2D eigenvalue weighted by Crippen LogP contribution is 2.28. The Bertz CT molecular complexity index is 958. The summed E-state index contributed by atoms with van der Waals surface area (Å²) in [6, 6.07) is 19.5. The Labute approximate surface area is 168 Å². The molecule has 142 valence electrons. The molecule has 3 aromatic rings. The van der Waals surface area contributed by atoms with Gasteiger partial charge in [0, 0.05) is 37.8 Å².